The highest BCUT2D eigenvalue weighted by molar-refractivity contribution is 5.81. The first-order valence-corrected chi connectivity index (χ1v) is 4.79. The summed E-state index contributed by atoms with van der Waals surface area (Å²) in [6.07, 6.45) is -1.21. The third-order valence-electron chi connectivity index (χ3n) is 1.85. The van der Waals surface area contributed by atoms with Crippen LogP contribution in [0.25, 0.3) is 0 Å². The molecule has 8 nitrogen and oxygen atoms in total. The molecule has 8 heteroatoms. The minimum Gasteiger partial charge on any atom is -0.467 e. The molecule has 0 aromatic heterocycles. The van der Waals surface area contributed by atoms with E-state index in [2.05, 4.69) is 24.8 Å². The maximum Gasteiger partial charge on any atom is 0.407 e. The number of hydrogen-bond acceptors (Lipinski definition) is 6. The molecule has 0 aromatic rings. The van der Waals surface area contributed by atoms with E-state index in [1.54, 1.807) is 0 Å². The smallest absolute Gasteiger partial charge is 0.407 e. The van der Waals surface area contributed by atoms with Gasteiger partial charge < -0.3 is 24.8 Å². The Balaban J connectivity index is 4.15. The highest BCUT2D eigenvalue weighted by Crippen LogP contribution is 1.95. The van der Waals surface area contributed by atoms with Crippen molar-refractivity contribution in [2.75, 3.05) is 27.9 Å². The molecule has 0 saturated heterocycles. The lowest BCUT2D eigenvalue weighted by atomic mass is 10.2. The van der Waals surface area contributed by atoms with E-state index in [-0.39, 0.29) is 13.0 Å². The Bertz CT molecular complexity index is 281. The number of methoxy groups -OCH3 is 3. The predicted octanol–water partition coefficient (Wildman–Crippen LogP) is -0.370. The van der Waals surface area contributed by atoms with Crippen LogP contribution in [0.4, 0.5) is 9.59 Å². The maximum atomic E-state index is 11.3. The molecule has 0 bridgehead atoms. The van der Waals surface area contributed by atoms with Gasteiger partial charge in [0, 0.05) is 6.54 Å². The van der Waals surface area contributed by atoms with Gasteiger partial charge >= 0.3 is 18.2 Å². The molecule has 0 radical (unpaired) electrons. The van der Waals surface area contributed by atoms with Gasteiger partial charge in [-0.3, -0.25) is 0 Å². The quantitative estimate of drug-likeness (QED) is 0.508. The molecule has 0 aromatic carbocycles. The van der Waals surface area contributed by atoms with Crippen molar-refractivity contribution in [3.05, 3.63) is 0 Å². The number of alkyl carbamates (subject to hydrolysis) is 2. The Morgan fingerprint density at radius 3 is 2.06 bits per heavy atom. The molecule has 0 rings (SSSR count). The van der Waals surface area contributed by atoms with Gasteiger partial charge in [0.1, 0.15) is 6.04 Å². The Morgan fingerprint density at radius 2 is 1.59 bits per heavy atom. The molecule has 98 valence electrons. The summed E-state index contributed by atoms with van der Waals surface area (Å²) in [5.74, 6) is -0.623. The summed E-state index contributed by atoms with van der Waals surface area (Å²) in [5.41, 5.74) is 0. The zero-order valence-electron chi connectivity index (χ0n) is 9.94. The number of carbonyl (C=O) groups is 3. The zero-order chi connectivity index (χ0) is 13.3. The molecule has 0 spiro atoms. The van der Waals surface area contributed by atoms with Gasteiger partial charge in [-0.25, -0.2) is 14.4 Å². The zero-order valence-corrected chi connectivity index (χ0v) is 9.94. The largest absolute Gasteiger partial charge is 0.467 e. The van der Waals surface area contributed by atoms with Crippen LogP contribution in [0.15, 0.2) is 0 Å². The molecule has 0 saturated carbocycles. The van der Waals surface area contributed by atoms with Crippen molar-refractivity contribution in [1.82, 2.24) is 10.6 Å². The van der Waals surface area contributed by atoms with Crippen molar-refractivity contribution < 1.29 is 28.6 Å². The fourth-order valence-electron chi connectivity index (χ4n) is 0.983. The molecular weight excluding hydrogens is 232 g/mol. The molecule has 0 aliphatic heterocycles. The Hall–Kier alpha value is -1.99. The first-order chi connectivity index (χ1) is 8.04. The average molecular weight is 248 g/mol. The first-order valence-electron chi connectivity index (χ1n) is 4.79. The highest BCUT2D eigenvalue weighted by Gasteiger charge is 2.21. The van der Waals surface area contributed by atoms with E-state index in [9.17, 15) is 14.4 Å². The van der Waals surface area contributed by atoms with Crippen molar-refractivity contribution >= 4 is 18.2 Å². The van der Waals surface area contributed by atoms with Crippen molar-refractivity contribution in [2.45, 2.75) is 12.5 Å². The number of amides is 2. The van der Waals surface area contributed by atoms with Gasteiger partial charge in [0.2, 0.25) is 0 Å². The second-order valence-electron chi connectivity index (χ2n) is 2.92. The fourth-order valence-corrected chi connectivity index (χ4v) is 0.983. The first kappa shape index (κ1) is 15.0. The summed E-state index contributed by atoms with van der Waals surface area (Å²) in [4.78, 5) is 33.0. The van der Waals surface area contributed by atoms with E-state index < -0.39 is 24.2 Å². The van der Waals surface area contributed by atoms with E-state index in [0.29, 0.717) is 0 Å². The van der Waals surface area contributed by atoms with Crippen LogP contribution >= 0.6 is 0 Å². The van der Waals surface area contributed by atoms with Gasteiger partial charge in [-0.2, -0.15) is 0 Å². The molecule has 1 atom stereocenters. The van der Waals surface area contributed by atoms with Crippen LogP contribution in [0.2, 0.25) is 0 Å². The summed E-state index contributed by atoms with van der Waals surface area (Å²) in [5, 5.41) is 4.65. The summed E-state index contributed by atoms with van der Waals surface area (Å²) >= 11 is 0. The van der Waals surface area contributed by atoms with Gasteiger partial charge in [0.05, 0.1) is 21.3 Å². The van der Waals surface area contributed by atoms with Crippen LogP contribution in [-0.2, 0) is 19.0 Å². The van der Waals surface area contributed by atoms with Crippen LogP contribution in [0.5, 0.6) is 0 Å². The van der Waals surface area contributed by atoms with Crippen LogP contribution in [0, 0.1) is 0 Å². The van der Waals surface area contributed by atoms with Crippen molar-refractivity contribution in [3.63, 3.8) is 0 Å². The van der Waals surface area contributed by atoms with Crippen molar-refractivity contribution in [3.8, 4) is 0 Å². The molecule has 0 aliphatic carbocycles. The number of hydrogen-bond donors (Lipinski definition) is 2. The number of rotatable bonds is 5. The van der Waals surface area contributed by atoms with E-state index in [1.807, 2.05) is 0 Å². The van der Waals surface area contributed by atoms with E-state index in [0.717, 1.165) is 0 Å². The minimum atomic E-state index is -0.885. The summed E-state index contributed by atoms with van der Waals surface area (Å²) < 4.78 is 13.2. The summed E-state index contributed by atoms with van der Waals surface area (Å²) in [6.45, 7) is 0.149. The predicted molar refractivity (Wildman–Crippen MR) is 56.4 cm³/mol. The summed E-state index contributed by atoms with van der Waals surface area (Å²) in [6, 6.07) is -0.885. The number of carbonyl (C=O) groups excluding carboxylic acids is 3. The molecule has 2 amide bonds. The second kappa shape index (κ2) is 8.20. The SMILES string of the molecule is COC(=O)NCCC(NC(=O)OC)C(=O)OC. The van der Waals surface area contributed by atoms with Gasteiger partial charge in [-0.05, 0) is 6.42 Å². The van der Waals surface area contributed by atoms with E-state index in [4.69, 9.17) is 0 Å². The van der Waals surface area contributed by atoms with Crippen LogP contribution in [-0.4, -0.2) is 52.1 Å². The normalized spacial score (nSPS) is 11.0. The van der Waals surface area contributed by atoms with Gasteiger partial charge in [0.25, 0.3) is 0 Å². The van der Waals surface area contributed by atoms with Crippen LogP contribution in [0.1, 0.15) is 6.42 Å². The topological polar surface area (TPSA) is 103 Å². The molecule has 0 fully saturated rings. The van der Waals surface area contributed by atoms with Gasteiger partial charge in [0.15, 0.2) is 0 Å². The molecule has 1 unspecified atom stereocenters. The highest BCUT2D eigenvalue weighted by atomic mass is 16.5. The van der Waals surface area contributed by atoms with Gasteiger partial charge in [-0.15, -0.1) is 0 Å². The standard InChI is InChI=1S/C9H16N2O6/c1-15-7(12)6(11-9(14)17-3)4-5-10-8(13)16-2/h6H,4-5H2,1-3H3,(H,10,13)(H,11,14). The van der Waals surface area contributed by atoms with E-state index >= 15 is 0 Å². The van der Waals surface area contributed by atoms with E-state index in [1.165, 1.54) is 21.3 Å². The Morgan fingerprint density at radius 1 is 1.00 bits per heavy atom. The van der Waals surface area contributed by atoms with Gasteiger partial charge in [-0.1, -0.05) is 0 Å². The lowest BCUT2D eigenvalue weighted by Gasteiger charge is -2.15. The monoisotopic (exact) mass is 248 g/mol. The maximum absolute atomic E-state index is 11.3. The Kier molecular flexibility index (Phi) is 7.24. The average Bonchev–Trinajstić information content (AvgIpc) is 2.35. The molecule has 2 N–H and O–H groups in total. The summed E-state index contributed by atoms with van der Waals surface area (Å²) in [7, 11) is 3.60. The minimum absolute atomic E-state index is 0.149. The molecule has 0 heterocycles. The van der Waals surface area contributed by atoms with Crippen LogP contribution < -0.4 is 10.6 Å². The van der Waals surface area contributed by atoms with Crippen LogP contribution in [0.3, 0.4) is 0 Å². The second-order valence-corrected chi connectivity index (χ2v) is 2.92. The molecular formula is C9H16N2O6. The number of ether oxygens (including phenoxy) is 3. The lowest BCUT2D eigenvalue weighted by Crippen LogP contribution is -2.43. The molecule has 0 aliphatic rings. The third-order valence-corrected chi connectivity index (χ3v) is 1.85. The number of nitrogens with one attached hydrogen (secondary N) is 2. The number of esters is 1. The molecule has 17 heavy (non-hydrogen) atoms. The van der Waals surface area contributed by atoms with Crippen molar-refractivity contribution in [1.29, 1.82) is 0 Å². The third kappa shape index (κ3) is 6.23. The van der Waals surface area contributed by atoms with Crippen molar-refractivity contribution in [2.24, 2.45) is 0 Å². The fraction of sp³-hybridized carbons (Fsp3) is 0.667. The Labute approximate surface area is 98.6 Å². The lowest BCUT2D eigenvalue weighted by molar-refractivity contribution is -0.143.